The number of thioether (sulfide) groups is 1. The molecule has 0 aromatic carbocycles. The van der Waals surface area contributed by atoms with Crippen LogP contribution in [0, 0.1) is 11.3 Å². The van der Waals surface area contributed by atoms with Gasteiger partial charge in [0.15, 0.2) is 9.84 Å². The molecule has 0 aromatic rings. The second kappa shape index (κ2) is 8.50. The monoisotopic (exact) mass is 462 g/mol. The number of carbonyl (C=O) groups excluding carboxylic acids is 3. The van der Waals surface area contributed by atoms with Gasteiger partial charge in [-0.1, -0.05) is 0 Å². The first-order chi connectivity index (χ1) is 13.9. The zero-order valence-corrected chi connectivity index (χ0v) is 17.4. The number of carboxylic acids is 1. The van der Waals surface area contributed by atoms with E-state index in [9.17, 15) is 32.7 Å². The molecule has 0 spiro atoms. The molecule has 3 amide bonds. The lowest BCUT2D eigenvalue weighted by Crippen LogP contribution is -2.81. The van der Waals surface area contributed by atoms with Crippen molar-refractivity contribution in [3.05, 3.63) is 11.3 Å². The Morgan fingerprint density at radius 2 is 2.13 bits per heavy atom. The standard InChI is InChI=1S/C15H18N4O9S2/c1-7(3-16)30(25,26)6-9(20)18-15(27-2)12(23)19-10(11(21)22)8(4-28-14(17)24)5-29-13(15)19/h7,13H,4-6H2,1-2H3,(H2,17,24)(H,18,20)(H,21,22)/t7?,13-,15+/m1/s1. The molecule has 0 radical (unpaired) electrons. The van der Waals surface area contributed by atoms with Crippen molar-refractivity contribution in [2.75, 3.05) is 25.2 Å². The molecule has 0 bridgehead atoms. The molecule has 2 rings (SSSR count). The zero-order chi connectivity index (χ0) is 22.9. The topological polar surface area (TPSA) is 206 Å². The van der Waals surface area contributed by atoms with Crippen LogP contribution in [-0.2, 0) is 33.7 Å². The first-order valence-electron chi connectivity index (χ1n) is 8.21. The van der Waals surface area contributed by atoms with E-state index in [1.807, 2.05) is 0 Å². The van der Waals surface area contributed by atoms with Gasteiger partial charge in [0, 0.05) is 18.4 Å². The van der Waals surface area contributed by atoms with E-state index in [-0.39, 0.29) is 11.3 Å². The maximum atomic E-state index is 12.8. The Balaban J connectivity index is 2.27. The summed E-state index contributed by atoms with van der Waals surface area (Å²) >= 11 is 1.01. The highest BCUT2D eigenvalue weighted by molar-refractivity contribution is 8.00. The summed E-state index contributed by atoms with van der Waals surface area (Å²) in [4.78, 5) is 48.4. The molecule has 1 saturated heterocycles. The van der Waals surface area contributed by atoms with E-state index in [0.717, 1.165) is 30.7 Å². The quantitative estimate of drug-likeness (QED) is 0.269. The number of sulfone groups is 1. The van der Waals surface area contributed by atoms with Gasteiger partial charge in [-0.2, -0.15) is 5.26 Å². The molecule has 13 nitrogen and oxygen atoms in total. The number of ether oxygens (including phenoxy) is 2. The number of nitrogens with zero attached hydrogens (tertiary/aromatic N) is 2. The Bertz CT molecular complexity index is 971. The van der Waals surface area contributed by atoms with Gasteiger partial charge in [0.05, 0.1) is 6.07 Å². The summed E-state index contributed by atoms with van der Waals surface area (Å²) in [6, 6.07) is 1.52. The molecular weight excluding hydrogens is 444 g/mol. The molecule has 164 valence electrons. The molecule has 0 aromatic heterocycles. The van der Waals surface area contributed by atoms with Gasteiger partial charge < -0.3 is 25.6 Å². The number of carboxylic acid groups (broad SMARTS) is 1. The van der Waals surface area contributed by atoms with Crippen LogP contribution in [0.25, 0.3) is 0 Å². The molecule has 15 heteroatoms. The van der Waals surface area contributed by atoms with Crippen LogP contribution in [0.4, 0.5) is 4.79 Å². The maximum Gasteiger partial charge on any atom is 0.404 e. The maximum absolute atomic E-state index is 12.8. The lowest BCUT2D eigenvalue weighted by molar-refractivity contribution is -0.192. The minimum atomic E-state index is -4.09. The third kappa shape index (κ3) is 4.06. The Morgan fingerprint density at radius 3 is 2.63 bits per heavy atom. The Kier molecular flexibility index (Phi) is 6.64. The van der Waals surface area contributed by atoms with Gasteiger partial charge in [-0.3, -0.25) is 14.5 Å². The molecule has 0 aliphatic carbocycles. The van der Waals surface area contributed by atoms with E-state index in [2.05, 4.69) is 10.1 Å². The van der Waals surface area contributed by atoms with Crippen LogP contribution in [0.1, 0.15) is 6.92 Å². The Morgan fingerprint density at radius 1 is 1.50 bits per heavy atom. The molecule has 3 atom stereocenters. The predicted molar refractivity (Wildman–Crippen MR) is 100 cm³/mol. The molecule has 30 heavy (non-hydrogen) atoms. The van der Waals surface area contributed by atoms with Crippen LogP contribution in [-0.4, -0.2) is 83.9 Å². The van der Waals surface area contributed by atoms with Gasteiger partial charge in [-0.05, 0) is 6.92 Å². The number of primary amides is 1. The van der Waals surface area contributed by atoms with Gasteiger partial charge >= 0.3 is 12.1 Å². The largest absolute Gasteiger partial charge is 0.477 e. The first-order valence-corrected chi connectivity index (χ1v) is 11.0. The fourth-order valence-corrected chi connectivity index (χ4v) is 5.11. The summed E-state index contributed by atoms with van der Waals surface area (Å²) in [5.41, 5.74) is 2.55. The number of nitriles is 1. The average molecular weight is 462 g/mol. The number of methoxy groups -OCH3 is 1. The van der Waals surface area contributed by atoms with E-state index < -0.39 is 68.1 Å². The summed E-state index contributed by atoms with van der Waals surface area (Å²) < 4.78 is 33.7. The number of amides is 3. The van der Waals surface area contributed by atoms with Crippen LogP contribution < -0.4 is 11.1 Å². The van der Waals surface area contributed by atoms with E-state index in [1.165, 1.54) is 6.07 Å². The molecule has 1 unspecified atom stereocenters. The van der Waals surface area contributed by atoms with Gasteiger partial charge in [0.2, 0.25) is 5.91 Å². The number of carbonyl (C=O) groups is 4. The molecule has 2 heterocycles. The van der Waals surface area contributed by atoms with Crippen molar-refractivity contribution in [1.82, 2.24) is 10.2 Å². The van der Waals surface area contributed by atoms with Gasteiger partial charge in [-0.25, -0.2) is 18.0 Å². The second-order valence-corrected chi connectivity index (χ2v) is 9.66. The number of rotatable bonds is 8. The van der Waals surface area contributed by atoms with Crippen LogP contribution in [0.2, 0.25) is 0 Å². The summed E-state index contributed by atoms with van der Waals surface area (Å²) in [6.07, 6.45) is -1.12. The minimum Gasteiger partial charge on any atom is -0.477 e. The number of hydrogen-bond acceptors (Lipinski definition) is 10. The van der Waals surface area contributed by atoms with E-state index >= 15 is 0 Å². The fourth-order valence-electron chi connectivity index (χ4n) is 2.84. The molecule has 0 saturated carbocycles. The predicted octanol–water partition coefficient (Wildman–Crippen LogP) is -1.88. The summed E-state index contributed by atoms with van der Waals surface area (Å²) in [6.45, 7) is 0.665. The van der Waals surface area contributed by atoms with Crippen molar-refractivity contribution in [1.29, 1.82) is 5.26 Å². The van der Waals surface area contributed by atoms with Crippen molar-refractivity contribution in [3.63, 3.8) is 0 Å². The Labute approximate surface area is 175 Å². The summed E-state index contributed by atoms with van der Waals surface area (Å²) in [5.74, 6) is -4.56. The second-order valence-electron chi connectivity index (χ2n) is 6.27. The van der Waals surface area contributed by atoms with E-state index in [0.29, 0.717) is 0 Å². The third-order valence-corrected chi connectivity index (χ3v) is 7.62. The van der Waals surface area contributed by atoms with Gasteiger partial charge in [0.1, 0.15) is 28.7 Å². The van der Waals surface area contributed by atoms with Crippen molar-refractivity contribution in [2.24, 2.45) is 5.73 Å². The number of nitrogens with one attached hydrogen (secondary N) is 1. The highest BCUT2D eigenvalue weighted by Crippen LogP contribution is 2.46. The molecule has 2 aliphatic rings. The number of fused-ring (bicyclic) bond motifs is 1. The van der Waals surface area contributed by atoms with E-state index in [4.69, 9.17) is 15.7 Å². The number of aliphatic carboxylic acids is 1. The molecular formula is C15H18N4O9S2. The van der Waals surface area contributed by atoms with Crippen LogP contribution in [0.5, 0.6) is 0 Å². The smallest absolute Gasteiger partial charge is 0.404 e. The number of nitrogens with two attached hydrogens (primary N) is 1. The number of β-lactam (4-membered cyclic amide) rings is 1. The first kappa shape index (κ1) is 23.4. The van der Waals surface area contributed by atoms with Crippen LogP contribution in [0.3, 0.4) is 0 Å². The van der Waals surface area contributed by atoms with Crippen molar-refractivity contribution < 1.29 is 42.2 Å². The highest BCUT2D eigenvalue weighted by Gasteiger charge is 2.66. The lowest BCUT2D eigenvalue weighted by atomic mass is 9.98. The average Bonchev–Trinajstić information content (AvgIpc) is 2.67. The van der Waals surface area contributed by atoms with Gasteiger partial charge in [-0.15, -0.1) is 11.8 Å². The molecule has 4 N–H and O–H groups in total. The summed E-state index contributed by atoms with van der Waals surface area (Å²) in [7, 11) is -3.00. The van der Waals surface area contributed by atoms with E-state index in [1.54, 1.807) is 0 Å². The van der Waals surface area contributed by atoms with Crippen LogP contribution >= 0.6 is 11.8 Å². The Hall–Kier alpha value is -2.83. The van der Waals surface area contributed by atoms with Crippen LogP contribution in [0.15, 0.2) is 11.3 Å². The highest BCUT2D eigenvalue weighted by atomic mass is 32.2. The zero-order valence-electron chi connectivity index (χ0n) is 15.8. The number of hydrogen-bond donors (Lipinski definition) is 3. The minimum absolute atomic E-state index is 0.00804. The lowest BCUT2D eigenvalue weighted by Gasteiger charge is -2.55. The SMILES string of the molecule is CO[C@@]1(NC(=O)CS(=O)(=O)C(C)C#N)C(=O)N2C(C(=O)O)=C(COC(N)=O)CS[C@@H]21. The van der Waals surface area contributed by atoms with Gasteiger partial charge in [0.25, 0.3) is 11.6 Å². The normalized spacial score (nSPS) is 24.2. The van der Waals surface area contributed by atoms with Crippen molar-refractivity contribution >= 4 is 45.5 Å². The fraction of sp³-hybridized carbons (Fsp3) is 0.533. The molecule has 1 fully saturated rings. The third-order valence-electron chi connectivity index (χ3n) is 4.40. The summed E-state index contributed by atoms with van der Waals surface area (Å²) in [5, 5.41) is 18.0. The van der Waals surface area contributed by atoms with Crippen molar-refractivity contribution in [3.8, 4) is 6.07 Å². The van der Waals surface area contributed by atoms with Crippen molar-refractivity contribution in [2.45, 2.75) is 23.3 Å². The molecule has 2 aliphatic heterocycles.